The van der Waals surface area contributed by atoms with Gasteiger partial charge in [-0.3, -0.25) is 33.5 Å². The van der Waals surface area contributed by atoms with E-state index in [1.165, 1.54) is 18.4 Å². The Morgan fingerprint density at radius 2 is 1.48 bits per heavy atom. The Kier molecular flexibility index (Phi) is 26.5. The Morgan fingerprint density at radius 1 is 0.889 bits per heavy atom. The molecule has 0 bridgehead atoms. The van der Waals surface area contributed by atoms with Crippen molar-refractivity contribution < 1.29 is 28.8 Å². The first-order valence-electron chi connectivity index (χ1n) is 20.7. The Balaban J connectivity index is 0.00000110. The second-order valence-corrected chi connectivity index (χ2v) is 17.1. The van der Waals surface area contributed by atoms with Crippen molar-refractivity contribution in [2.24, 2.45) is 23.2 Å². The first kappa shape index (κ1) is 51.3. The van der Waals surface area contributed by atoms with Gasteiger partial charge in [0.25, 0.3) is 5.91 Å². The Morgan fingerprint density at radius 3 is 1.96 bits per heavy atom. The fraction of sp³-hybridized carbons (Fsp3) is 0.854. The summed E-state index contributed by atoms with van der Waals surface area (Å²) in [5, 5.41) is 11.0. The van der Waals surface area contributed by atoms with Crippen molar-refractivity contribution in [1.29, 1.82) is 0 Å². The second-order valence-electron chi connectivity index (χ2n) is 16.4. The topological polar surface area (TPSA) is 166 Å². The van der Waals surface area contributed by atoms with Crippen molar-refractivity contribution in [1.82, 2.24) is 30.9 Å². The molecule has 0 spiro atoms. The van der Waals surface area contributed by atoms with Crippen LogP contribution in [0, 0.1) is 23.2 Å². The fourth-order valence-electron chi connectivity index (χ4n) is 6.65. The summed E-state index contributed by atoms with van der Waals surface area (Å²) < 4.78 is 2.95. The second kappa shape index (κ2) is 27.8. The van der Waals surface area contributed by atoms with Crippen molar-refractivity contribution in [3.05, 3.63) is 0 Å². The highest BCUT2D eigenvalue weighted by Gasteiger charge is 2.43. The molecule has 2 saturated carbocycles. The van der Waals surface area contributed by atoms with Gasteiger partial charge in [0.1, 0.15) is 12.1 Å². The van der Waals surface area contributed by atoms with Crippen molar-refractivity contribution in [2.45, 2.75) is 183 Å². The molecule has 5 atom stereocenters. The van der Waals surface area contributed by atoms with Crippen LogP contribution in [0.4, 0.5) is 0 Å². The lowest BCUT2D eigenvalue weighted by molar-refractivity contribution is -0.141. The molecule has 0 aromatic carbocycles. The van der Waals surface area contributed by atoms with E-state index in [4.69, 9.17) is 0 Å². The lowest BCUT2D eigenvalue weighted by Gasteiger charge is -2.37. The van der Waals surface area contributed by atoms with Crippen LogP contribution in [0.2, 0.25) is 0 Å². The van der Waals surface area contributed by atoms with Crippen LogP contribution in [-0.2, 0) is 28.8 Å². The minimum Gasteiger partial charge on any atom is -0.348 e. The van der Waals surface area contributed by atoms with E-state index in [1.54, 1.807) is 0 Å². The zero-order valence-electron chi connectivity index (χ0n) is 35.9. The van der Waals surface area contributed by atoms with Gasteiger partial charge in [-0.2, -0.15) is 0 Å². The van der Waals surface area contributed by atoms with Crippen LogP contribution in [0.3, 0.4) is 0 Å². The van der Waals surface area contributed by atoms with Gasteiger partial charge in [0.15, 0.2) is 0 Å². The fourth-order valence-corrected chi connectivity index (χ4v) is 6.92. The zero-order valence-corrected chi connectivity index (χ0v) is 36.7. The average Bonchev–Trinajstić information content (AvgIpc) is 3.88. The number of ketones is 1. The van der Waals surface area contributed by atoms with Gasteiger partial charge in [-0.1, -0.05) is 113 Å². The maximum absolute atomic E-state index is 13.7. The molecular formula is C41H78N6O6S. The molecule has 5 amide bonds. The molecule has 0 aromatic rings. The number of carbonyl (C=O) groups excluding carboxylic acids is 6. The van der Waals surface area contributed by atoms with E-state index in [1.807, 2.05) is 52.7 Å². The minimum atomic E-state index is -0.675. The van der Waals surface area contributed by atoms with Crippen molar-refractivity contribution in [3.8, 4) is 0 Å². The maximum atomic E-state index is 13.7. The summed E-state index contributed by atoms with van der Waals surface area (Å²) in [7, 11) is 0. The van der Waals surface area contributed by atoms with Gasteiger partial charge in [-0.05, 0) is 81.3 Å². The third-order valence-electron chi connectivity index (χ3n) is 9.65. The molecule has 4 unspecified atom stereocenters. The molecule has 1 aliphatic heterocycles. The van der Waals surface area contributed by atoms with Gasteiger partial charge in [0, 0.05) is 18.6 Å². The maximum Gasteiger partial charge on any atom is 0.289 e. The molecule has 3 rings (SSSR count). The van der Waals surface area contributed by atoms with Crippen LogP contribution in [0.25, 0.3) is 0 Å². The molecule has 0 radical (unpaired) electrons. The summed E-state index contributed by atoms with van der Waals surface area (Å²) in [6.45, 7) is 23.6. The first-order valence-corrected chi connectivity index (χ1v) is 21.9. The highest BCUT2D eigenvalue weighted by atomic mass is 32.2. The predicted octanol–water partition coefficient (Wildman–Crippen LogP) is 5.92. The number of rotatable bonds is 17. The van der Waals surface area contributed by atoms with E-state index in [0.717, 1.165) is 76.7 Å². The number of nitrogens with one attached hydrogen (secondary N) is 5. The quantitative estimate of drug-likeness (QED) is 0.0689. The number of nitrogens with zero attached hydrogens (tertiary/aromatic N) is 1. The number of Topliss-reactive ketones (excluding diaryl/α,β-unsaturated/α-hetero) is 1. The molecule has 3 fully saturated rings. The van der Waals surface area contributed by atoms with Gasteiger partial charge >= 0.3 is 0 Å². The monoisotopic (exact) mass is 783 g/mol. The molecule has 1 heterocycles. The Hall–Kier alpha value is -2.67. The van der Waals surface area contributed by atoms with E-state index < -0.39 is 35.2 Å². The molecular weight excluding hydrogens is 705 g/mol. The van der Waals surface area contributed by atoms with Gasteiger partial charge in [0.05, 0.1) is 12.6 Å². The van der Waals surface area contributed by atoms with E-state index in [0.29, 0.717) is 18.7 Å². The van der Waals surface area contributed by atoms with E-state index in [2.05, 4.69) is 60.6 Å². The van der Waals surface area contributed by atoms with E-state index in [-0.39, 0.29) is 42.3 Å². The highest BCUT2D eigenvalue weighted by molar-refractivity contribution is 7.96. The number of hydrogen-bond acceptors (Lipinski definition) is 8. The summed E-state index contributed by atoms with van der Waals surface area (Å²) in [4.78, 5) is 74.8. The lowest BCUT2D eigenvalue weighted by Crippen LogP contribution is -2.60. The van der Waals surface area contributed by atoms with E-state index in [9.17, 15) is 28.8 Å². The minimum absolute atomic E-state index is 0.000256. The number of likely N-dealkylation sites (tertiary alicyclic amines) is 1. The Labute approximate surface area is 332 Å². The summed E-state index contributed by atoms with van der Waals surface area (Å²) >= 11 is 1.38. The molecule has 5 N–H and O–H groups in total. The SMILES string of the molecule is CC.CC(C)C.CCCC(NC=O)C(=O)C(=O)NC1CC1.CCC[C@H]1CCN(C(=O)C(NC(=O)C(NC(=O)CNSC)C2CCCCC2)C(C)(C)C)C1C. The van der Waals surface area contributed by atoms with Gasteiger partial charge in [0.2, 0.25) is 29.9 Å². The number of amides is 5. The van der Waals surface area contributed by atoms with Crippen LogP contribution >= 0.6 is 11.9 Å². The normalized spacial score (nSPS) is 19.9. The predicted molar refractivity (Wildman–Crippen MR) is 222 cm³/mol. The molecule has 0 aromatic heterocycles. The summed E-state index contributed by atoms with van der Waals surface area (Å²) in [5.74, 6) is -0.0874. The van der Waals surface area contributed by atoms with Crippen molar-refractivity contribution in [2.75, 3.05) is 19.3 Å². The molecule has 314 valence electrons. The van der Waals surface area contributed by atoms with Crippen LogP contribution in [-0.4, -0.2) is 90.3 Å². The lowest BCUT2D eigenvalue weighted by atomic mass is 9.82. The average molecular weight is 783 g/mol. The van der Waals surface area contributed by atoms with Crippen molar-refractivity contribution >= 4 is 47.8 Å². The number of hydrogen-bond donors (Lipinski definition) is 5. The van der Waals surface area contributed by atoms with Gasteiger partial charge in [-0.25, -0.2) is 0 Å². The summed E-state index contributed by atoms with van der Waals surface area (Å²) in [6.07, 6.45) is 13.9. The largest absolute Gasteiger partial charge is 0.348 e. The zero-order chi connectivity index (χ0) is 41.4. The van der Waals surface area contributed by atoms with Crippen molar-refractivity contribution in [3.63, 3.8) is 0 Å². The van der Waals surface area contributed by atoms with Crippen LogP contribution in [0.15, 0.2) is 0 Å². The molecule has 3 aliphatic rings. The molecule has 1 saturated heterocycles. The molecule has 12 nitrogen and oxygen atoms in total. The number of carbonyl (C=O) groups is 6. The third kappa shape index (κ3) is 19.8. The Bertz CT molecular complexity index is 1120. The molecule has 54 heavy (non-hydrogen) atoms. The van der Waals surface area contributed by atoms with Crippen LogP contribution in [0.5, 0.6) is 0 Å². The smallest absolute Gasteiger partial charge is 0.289 e. The molecule has 13 heteroatoms. The van der Waals surface area contributed by atoms with Gasteiger partial charge in [-0.15, -0.1) is 0 Å². The highest BCUT2D eigenvalue weighted by Crippen LogP contribution is 2.32. The van der Waals surface area contributed by atoms with E-state index >= 15 is 0 Å². The van der Waals surface area contributed by atoms with Crippen LogP contribution < -0.4 is 26.0 Å². The van der Waals surface area contributed by atoms with Crippen LogP contribution in [0.1, 0.15) is 153 Å². The molecule has 2 aliphatic carbocycles. The third-order valence-corrected chi connectivity index (χ3v) is 10.1. The first-order chi connectivity index (χ1) is 25.5. The summed E-state index contributed by atoms with van der Waals surface area (Å²) in [5.41, 5.74) is -0.434. The summed E-state index contributed by atoms with van der Waals surface area (Å²) in [6, 6.07) is -1.56. The standard InChI is InChI=1S/C25H46N4O3S.C10H16N2O3.C4H10.C2H6/c1-7-11-18-14-15-29(17(18)2)24(32)22(25(3,4)5)28-23(31)21(19-12-9-8-10-13-19)27-20(30)16-26-33-6;1-2-3-8(11-6-13)9(14)10(15)12-7-4-5-7;1-4(2)3;1-2/h17-19,21-22,26H,7-16H2,1-6H3,(H,27,30)(H,28,31);6-8H,2-5H2,1H3,(H,11,13)(H,12,15);4H,1-3H3;1-2H3/t17?,18-,21?,22?;;;/m0.../s1. The van der Waals surface area contributed by atoms with Gasteiger partial charge < -0.3 is 26.2 Å².